The molecule has 0 bridgehead atoms. The standard InChI is InChI=1S/C21H26N4O5/c1-13-4-5-16(7-22-13)30-17-11-28-18-8-24(9-19(18)29-12-17)20(26)10-25-15(3)6-14(2)23-21(25)27/h4-7,17-19H,8-12H2,1-3H3/t18-,19-/m0/s1. The van der Waals surface area contributed by atoms with Gasteiger partial charge in [-0.25, -0.2) is 4.79 Å². The summed E-state index contributed by atoms with van der Waals surface area (Å²) in [5.74, 6) is 0.527. The minimum Gasteiger partial charge on any atom is -0.484 e. The van der Waals surface area contributed by atoms with Gasteiger partial charge < -0.3 is 19.1 Å². The van der Waals surface area contributed by atoms with Crippen LogP contribution in [0.2, 0.25) is 0 Å². The molecule has 0 spiro atoms. The van der Waals surface area contributed by atoms with Crippen LogP contribution < -0.4 is 10.4 Å². The lowest BCUT2D eigenvalue weighted by atomic mass is 10.3. The molecular weight excluding hydrogens is 388 g/mol. The predicted octanol–water partition coefficient (Wildman–Crippen LogP) is 0.637. The van der Waals surface area contributed by atoms with Crippen LogP contribution in [0, 0.1) is 20.8 Å². The Kier molecular flexibility index (Phi) is 5.83. The highest BCUT2D eigenvalue weighted by molar-refractivity contribution is 5.76. The zero-order valence-corrected chi connectivity index (χ0v) is 17.4. The van der Waals surface area contributed by atoms with Gasteiger partial charge in [0, 0.05) is 30.2 Å². The normalized spacial score (nSPS) is 21.9. The van der Waals surface area contributed by atoms with Crippen molar-refractivity contribution < 1.29 is 19.0 Å². The van der Waals surface area contributed by atoms with E-state index in [1.165, 1.54) is 4.57 Å². The first-order valence-corrected chi connectivity index (χ1v) is 10.0. The fraction of sp³-hybridized carbons (Fsp3) is 0.524. The molecule has 1 amide bonds. The highest BCUT2D eigenvalue weighted by Gasteiger charge is 2.39. The molecule has 0 radical (unpaired) electrons. The second kappa shape index (κ2) is 8.53. The molecule has 160 valence electrons. The van der Waals surface area contributed by atoms with E-state index in [0.29, 0.717) is 43.4 Å². The number of pyridine rings is 1. The Balaban J connectivity index is 1.33. The van der Waals surface area contributed by atoms with Crippen LogP contribution in [-0.2, 0) is 20.8 Å². The molecule has 0 unspecified atom stereocenters. The number of hydrogen-bond donors (Lipinski definition) is 0. The van der Waals surface area contributed by atoms with E-state index in [0.717, 1.165) is 5.69 Å². The lowest BCUT2D eigenvalue weighted by Gasteiger charge is -2.20. The fourth-order valence-corrected chi connectivity index (χ4v) is 3.76. The van der Waals surface area contributed by atoms with Crippen LogP contribution in [0.25, 0.3) is 0 Å². The summed E-state index contributed by atoms with van der Waals surface area (Å²) in [6.07, 6.45) is 1.02. The molecule has 4 heterocycles. The van der Waals surface area contributed by atoms with E-state index < -0.39 is 5.69 Å². The topological polar surface area (TPSA) is 95.8 Å². The number of likely N-dealkylation sites (tertiary alicyclic amines) is 1. The number of amides is 1. The summed E-state index contributed by atoms with van der Waals surface area (Å²) < 4.78 is 19.3. The van der Waals surface area contributed by atoms with Crippen molar-refractivity contribution in [2.45, 2.75) is 45.6 Å². The Morgan fingerprint density at radius 2 is 1.83 bits per heavy atom. The summed E-state index contributed by atoms with van der Waals surface area (Å²) in [4.78, 5) is 34.7. The van der Waals surface area contributed by atoms with E-state index in [2.05, 4.69) is 9.97 Å². The summed E-state index contributed by atoms with van der Waals surface area (Å²) in [6, 6.07) is 5.55. The van der Waals surface area contributed by atoms with Gasteiger partial charge in [-0.2, -0.15) is 4.98 Å². The van der Waals surface area contributed by atoms with Crippen molar-refractivity contribution in [2.24, 2.45) is 0 Å². The third kappa shape index (κ3) is 4.52. The van der Waals surface area contributed by atoms with E-state index in [4.69, 9.17) is 14.2 Å². The van der Waals surface area contributed by atoms with Crippen molar-refractivity contribution in [3.05, 3.63) is 52.0 Å². The average Bonchev–Trinajstić information content (AvgIpc) is 3.02. The number of carbonyl (C=O) groups is 1. The first-order chi connectivity index (χ1) is 14.4. The van der Waals surface area contributed by atoms with Crippen molar-refractivity contribution >= 4 is 5.91 Å². The number of ether oxygens (including phenoxy) is 3. The van der Waals surface area contributed by atoms with E-state index in [1.54, 1.807) is 31.0 Å². The average molecular weight is 414 g/mol. The molecular formula is C21H26N4O5. The van der Waals surface area contributed by atoms with Crippen LogP contribution in [0.3, 0.4) is 0 Å². The molecule has 0 aliphatic carbocycles. The molecule has 2 aliphatic rings. The maximum atomic E-state index is 12.8. The Bertz CT molecular complexity index is 958. The Morgan fingerprint density at radius 1 is 1.13 bits per heavy atom. The van der Waals surface area contributed by atoms with Gasteiger partial charge >= 0.3 is 5.69 Å². The van der Waals surface area contributed by atoms with Crippen LogP contribution in [-0.4, -0.2) is 70.0 Å². The van der Waals surface area contributed by atoms with Crippen LogP contribution in [0.4, 0.5) is 0 Å². The van der Waals surface area contributed by atoms with Crippen molar-refractivity contribution in [2.75, 3.05) is 26.3 Å². The molecule has 9 heteroatoms. The first kappa shape index (κ1) is 20.5. The Morgan fingerprint density at radius 3 is 2.43 bits per heavy atom. The predicted molar refractivity (Wildman–Crippen MR) is 107 cm³/mol. The zero-order valence-electron chi connectivity index (χ0n) is 17.4. The molecule has 0 saturated carbocycles. The molecule has 2 atom stereocenters. The maximum Gasteiger partial charge on any atom is 0.348 e. The van der Waals surface area contributed by atoms with Gasteiger partial charge in [0.25, 0.3) is 0 Å². The van der Waals surface area contributed by atoms with Gasteiger partial charge in [0.15, 0.2) is 0 Å². The number of hydrogen-bond acceptors (Lipinski definition) is 7. The second-order valence-electron chi connectivity index (χ2n) is 7.83. The fourth-order valence-electron chi connectivity index (χ4n) is 3.76. The number of aryl methyl sites for hydroxylation is 3. The summed E-state index contributed by atoms with van der Waals surface area (Å²) in [7, 11) is 0. The van der Waals surface area contributed by atoms with Crippen molar-refractivity contribution in [3.63, 3.8) is 0 Å². The van der Waals surface area contributed by atoms with E-state index in [9.17, 15) is 9.59 Å². The molecule has 2 aromatic rings. The SMILES string of the molecule is Cc1ccc(OC2CO[C@H]3CN(C(=O)Cn4c(C)cc(C)nc4=O)C[C@@H]3OC2)cn1. The van der Waals surface area contributed by atoms with Gasteiger partial charge in [-0.15, -0.1) is 0 Å². The third-order valence-corrected chi connectivity index (χ3v) is 5.39. The van der Waals surface area contributed by atoms with Gasteiger partial charge in [-0.1, -0.05) is 0 Å². The zero-order chi connectivity index (χ0) is 21.3. The van der Waals surface area contributed by atoms with Crippen molar-refractivity contribution in [3.8, 4) is 5.75 Å². The molecule has 2 aliphatic heterocycles. The van der Waals surface area contributed by atoms with Crippen LogP contribution in [0.15, 0.2) is 29.2 Å². The highest BCUT2D eigenvalue weighted by atomic mass is 16.6. The molecule has 2 fully saturated rings. The maximum absolute atomic E-state index is 12.8. The van der Waals surface area contributed by atoms with Gasteiger partial charge in [-0.05, 0) is 39.0 Å². The lowest BCUT2D eigenvalue weighted by molar-refractivity contribution is -0.131. The van der Waals surface area contributed by atoms with E-state index in [1.807, 2.05) is 19.1 Å². The third-order valence-electron chi connectivity index (χ3n) is 5.39. The molecule has 30 heavy (non-hydrogen) atoms. The van der Waals surface area contributed by atoms with Crippen molar-refractivity contribution in [1.29, 1.82) is 0 Å². The second-order valence-corrected chi connectivity index (χ2v) is 7.83. The van der Waals surface area contributed by atoms with Crippen LogP contribution in [0.5, 0.6) is 5.75 Å². The molecule has 0 aromatic carbocycles. The number of aromatic nitrogens is 3. The molecule has 9 nitrogen and oxygen atoms in total. The minimum absolute atomic E-state index is 0.0381. The summed E-state index contributed by atoms with van der Waals surface area (Å²) in [5.41, 5.74) is 1.87. The van der Waals surface area contributed by atoms with Gasteiger partial charge in [-0.3, -0.25) is 14.3 Å². The summed E-state index contributed by atoms with van der Waals surface area (Å²) in [6.45, 7) is 7.04. The number of rotatable bonds is 4. The highest BCUT2D eigenvalue weighted by Crippen LogP contribution is 2.22. The number of fused-ring (bicyclic) bond motifs is 1. The number of nitrogens with zero attached hydrogens (tertiary/aromatic N) is 4. The largest absolute Gasteiger partial charge is 0.484 e. The van der Waals surface area contributed by atoms with Gasteiger partial charge in [0.1, 0.15) is 30.6 Å². The lowest BCUT2D eigenvalue weighted by Crippen LogP contribution is -2.38. The monoisotopic (exact) mass is 414 g/mol. The summed E-state index contributed by atoms with van der Waals surface area (Å²) in [5, 5.41) is 0. The Hall–Kier alpha value is -2.78. The quantitative estimate of drug-likeness (QED) is 0.724. The first-order valence-electron chi connectivity index (χ1n) is 10.0. The number of carbonyl (C=O) groups excluding carboxylic acids is 1. The van der Waals surface area contributed by atoms with Crippen LogP contribution >= 0.6 is 0 Å². The van der Waals surface area contributed by atoms with Crippen molar-refractivity contribution in [1.82, 2.24) is 19.4 Å². The van der Waals surface area contributed by atoms with E-state index in [-0.39, 0.29) is 30.8 Å². The Labute approximate surface area is 174 Å². The molecule has 2 saturated heterocycles. The summed E-state index contributed by atoms with van der Waals surface area (Å²) >= 11 is 0. The van der Waals surface area contributed by atoms with Crippen LogP contribution in [0.1, 0.15) is 17.1 Å². The molecule has 2 aromatic heterocycles. The smallest absolute Gasteiger partial charge is 0.348 e. The minimum atomic E-state index is -0.410. The molecule has 0 N–H and O–H groups in total. The van der Waals surface area contributed by atoms with E-state index >= 15 is 0 Å². The molecule has 4 rings (SSSR count). The van der Waals surface area contributed by atoms with Gasteiger partial charge in [0.05, 0.1) is 19.4 Å². The van der Waals surface area contributed by atoms with Gasteiger partial charge in [0.2, 0.25) is 5.91 Å².